The summed E-state index contributed by atoms with van der Waals surface area (Å²) in [6, 6.07) is 12.7. The lowest BCUT2D eigenvalue weighted by Gasteiger charge is -2.07. The molecule has 0 spiro atoms. The number of aryl methyl sites for hydroxylation is 3. The topological polar surface area (TPSA) is 46.9 Å². The van der Waals surface area contributed by atoms with Gasteiger partial charge in [-0.1, -0.05) is 24.3 Å². The summed E-state index contributed by atoms with van der Waals surface area (Å²) in [5, 5.41) is 8.38. The lowest BCUT2D eigenvalue weighted by atomic mass is 10.1. The first-order valence-corrected chi connectivity index (χ1v) is 8.55. The van der Waals surface area contributed by atoms with Crippen molar-refractivity contribution in [3.8, 4) is 0 Å². The minimum atomic E-state index is -0.224. The lowest BCUT2D eigenvalue weighted by Crippen LogP contribution is -2.25. The average molecular weight is 339 g/mol. The van der Waals surface area contributed by atoms with E-state index in [-0.39, 0.29) is 11.7 Å². The summed E-state index contributed by atoms with van der Waals surface area (Å²) in [4.78, 5) is 12.0. The zero-order valence-electron chi connectivity index (χ0n) is 14.3. The quantitative estimate of drug-likeness (QED) is 0.668. The van der Waals surface area contributed by atoms with Crippen LogP contribution in [-0.4, -0.2) is 22.2 Å². The van der Waals surface area contributed by atoms with Crippen molar-refractivity contribution in [2.24, 2.45) is 0 Å². The zero-order chi connectivity index (χ0) is 17.6. The molecule has 0 saturated heterocycles. The van der Waals surface area contributed by atoms with E-state index in [2.05, 4.69) is 22.5 Å². The maximum Gasteiger partial charge on any atom is 0.221 e. The number of rotatable bonds is 7. The first kappa shape index (κ1) is 17.1. The van der Waals surface area contributed by atoms with Gasteiger partial charge in [0.1, 0.15) is 5.82 Å². The molecular formula is C20H22FN3O. The fourth-order valence-corrected chi connectivity index (χ4v) is 2.83. The Morgan fingerprint density at radius 1 is 1.20 bits per heavy atom. The molecule has 0 bridgehead atoms. The second-order valence-electron chi connectivity index (χ2n) is 6.26. The highest BCUT2D eigenvalue weighted by Gasteiger charge is 2.06. The minimum Gasteiger partial charge on any atom is -0.356 e. The molecule has 3 aromatic rings. The second kappa shape index (κ2) is 7.92. The van der Waals surface area contributed by atoms with Crippen molar-refractivity contribution in [1.29, 1.82) is 0 Å². The molecule has 1 heterocycles. The Labute approximate surface area is 146 Å². The summed E-state index contributed by atoms with van der Waals surface area (Å²) >= 11 is 0. The molecule has 1 aromatic heterocycles. The molecule has 0 aliphatic carbocycles. The molecule has 2 aromatic carbocycles. The van der Waals surface area contributed by atoms with E-state index in [1.165, 1.54) is 17.7 Å². The van der Waals surface area contributed by atoms with Gasteiger partial charge in [-0.2, -0.15) is 5.10 Å². The maximum absolute atomic E-state index is 12.8. The van der Waals surface area contributed by atoms with Crippen molar-refractivity contribution in [2.75, 3.05) is 6.54 Å². The normalized spacial score (nSPS) is 11.0. The molecule has 0 atom stereocenters. The summed E-state index contributed by atoms with van der Waals surface area (Å²) in [5.74, 6) is -0.200. The molecule has 0 radical (unpaired) electrons. The Balaban J connectivity index is 1.41. The number of nitrogens with zero attached hydrogens (tertiary/aromatic N) is 2. The van der Waals surface area contributed by atoms with Gasteiger partial charge in [0, 0.05) is 18.4 Å². The van der Waals surface area contributed by atoms with Gasteiger partial charge in [-0.15, -0.1) is 0 Å². The first-order chi connectivity index (χ1) is 12.1. The van der Waals surface area contributed by atoms with Gasteiger partial charge in [-0.25, -0.2) is 4.39 Å². The van der Waals surface area contributed by atoms with Crippen molar-refractivity contribution in [2.45, 2.75) is 32.7 Å². The van der Waals surface area contributed by atoms with E-state index < -0.39 is 0 Å². The van der Waals surface area contributed by atoms with E-state index in [0.29, 0.717) is 19.5 Å². The largest absolute Gasteiger partial charge is 0.356 e. The van der Waals surface area contributed by atoms with Crippen LogP contribution in [0.15, 0.2) is 48.7 Å². The summed E-state index contributed by atoms with van der Waals surface area (Å²) in [7, 11) is 0. The van der Waals surface area contributed by atoms with E-state index in [1.807, 2.05) is 23.9 Å². The molecule has 130 valence electrons. The predicted molar refractivity (Wildman–Crippen MR) is 96.8 cm³/mol. The monoisotopic (exact) mass is 339 g/mol. The number of halogens is 1. The van der Waals surface area contributed by atoms with Crippen LogP contribution in [0.3, 0.4) is 0 Å². The third kappa shape index (κ3) is 4.66. The van der Waals surface area contributed by atoms with Crippen LogP contribution < -0.4 is 5.32 Å². The van der Waals surface area contributed by atoms with Gasteiger partial charge >= 0.3 is 0 Å². The van der Waals surface area contributed by atoms with Gasteiger partial charge in [0.05, 0.1) is 18.3 Å². The Bertz CT molecular complexity index is 855. The van der Waals surface area contributed by atoms with Gasteiger partial charge in [0.2, 0.25) is 5.91 Å². The van der Waals surface area contributed by atoms with Gasteiger partial charge in [-0.05, 0) is 49.1 Å². The van der Waals surface area contributed by atoms with Crippen molar-refractivity contribution in [1.82, 2.24) is 15.1 Å². The highest BCUT2D eigenvalue weighted by Crippen LogP contribution is 2.15. The molecule has 1 amide bonds. The third-order valence-corrected chi connectivity index (χ3v) is 4.23. The third-order valence-electron chi connectivity index (χ3n) is 4.23. The molecule has 1 N–H and O–H groups in total. The van der Waals surface area contributed by atoms with Gasteiger partial charge in [-0.3, -0.25) is 9.48 Å². The SMILES string of the molecule is Cc1ccc2cnn(CCC(=O)NCCCc3ccc(F)cc3)c2c1. The Hall–Kier alpha value is -2.69. The number of hydrogen-bond donors (Lipinski definition) is 1. The van der Waals surface area contributed by atoms with Gasteiger partial charge in [0.15, 0.2) is 0 Å². The van der Waals surface area contributed by atoms with E-state index in [4.69, 9.17) is 0 Å². The van der Waals surface area contributed by atoms with E-state index in [0.717, 1.165) is 29.3 Å². The van der Waals surface area contributed by atoms with Crippen LogP contribution in [0.1, 0.15) is 24.0 Å². The Morgan fingerprint density at radius 3 is 2.80 bits per heavy atom. The van der Waals surface area contributed by atoms with Crippen LogP contribution in [0.5, 0.6) is 0 Å². The fourth-order valence-electron chi connectivity index (χ4n) is 2.83. The highest BCUT2D eigenvalue weighted by molar-refractivity contribution is 5.80. The molecular weight excluding hydrogens is 317 g/mol. The van der Waals surface area contributed by atoms with Gasteiger partial charge < -0.3 is 5.32 Å². The standard InChI is InChI=1S/C20H22FN3O/c1-15-4-7-17-14-23-24(19(17)13-15)12-10-20(25)22-11-2-3-16-5-8-18(21)9-6-16/h4-9,13-14H,2-3,10-12H2,1H3,(H,22,25). The number of fused-ring (bicyclic) bond motifs is 1. The molecule has 5 heteroatoms. The second-order valence-corrected chi connectivity index (χ2v) is 6.26. The molecule has 0 saturated carbocycles. The molecule has 0 unspecified atom stereocenters. The average Bonchev–Trinajstić information content (AvgIpc) is 3.00. The number of carbonyl (C=O) groups excluding carboxylic acids is 1. The van der Waals surface area contributed by atoms with Crippen LogP contribution >= 0.6 is 0 Å². The Morgan fingerprint density at radius 2 is 2.00 bits per heavy atom. The first-order valence-electron chi connectivity index (χ1n) is 8.55. The number of hydrogen-bond acceptors (Lipinski definition) is 2. The smallest absolute Gasteiger partial charge is 0.221 e. The number of benzene rings is 2. The van der Waals surface area contributed by atoms with Crippen LogP contribution in [0, 0.1) is 12.7 Å². The maximum atomic E-state index is 12.8. The van der Waals surface area contributed by atoms with Crippen LogP contribution in [0.2, 0.25) is 0 Å². The molecule has 3 rings (SSSR count). The van der Waals surface area contributed by atoms with E-state index in [1.54, 1.807) is 12.1 Å². The molecule has 0 aliphatic heterocycles. The summed E-state index contributed by atoms with van der Waals surface area (Å²) < 4.78 is 14.7. The van der Waals surface area contributed by atoms with Gasteiger partial charge in [0.25, 0.3) is 0 Å². The van der Waals surface area contributed by atoms with Crippen molar-refractivity contribution in [3.05, 3.63) is 65.6 Å². The summed E-state index contributed by atoms with van der Waals surface area (Å²) in [6.07, 6.45) is 3.89. The number of aromatic nitrogens is 2. The molecule has 4 nitrogen and oxygen atoms in total. The van der Waals surface area contributed by atoms with E-state index in [9.17, 15) is 9.18 Å². The van der Waals surface area contributed by atoms with E-state index >= 15 is 0 Å². The van der Waals surface area contributed by atoms with Crippen LogP contribution in [-0.2, 0) is 17.8 Å². The number of amides is 1. The lowest BCUT2D eigenvalue weighted by molar-refractivity contribution is -0.121. The fraction of sp³-hybridized carbons (Fsp3) is 0.300. The zero-order valence-corrected chi connectivity index (χ0v) is 14.3. The predicted octanol–water partition coefficient (Wildman–Crippen LogP) is 3.62. The number of nitrogens with one attached hydrogen (secondary N) is 1. The molecule has 0 aliphatic rings. The van der Waals surface area contributed by atoms with Crippen LogP contribution in [0.25, 0.3) is 10.9 Å². The Kier molecular flexibility index (Phi) is 5.43. The van der Waals surface area contributed by atoms with Crippen LogP contribution in [0.4, 0.5) is 4.39 Å². The van der Waals surface area contributed by atoms with Crippen molar-refractivity contribution in [3.63, 3.8) is 0 Å². The number of carbonyl (C=O) groups is 1. The van der Waals surface area contributed by atoms with Crippen molar-refractivity contribution < 1.29 is 9.18 Å². The highest BCUT2D eigenvalue weighted by atomic mass is 19.1. The minimum absolute atomic E-state index is 0.0235. The summed E-state index contributed by atoms with van der Waals surface area (Å²) in [6.45, 7) is 3.23. The summed E-state index contributed by atoms with van der Waals surface area (Å²) in [5.41, 5.74) is 3.32. The van der Waals surface area contributed by atoms with Crippen molar-refractivity contribution >= 4 is 16.8 Å². The molecule has 0 fully saturated rings. The molecule has 25 heavy (non-hydrogen) atoms.